The lowest BCUT2D eigenvalue weighted by atomic mass is 10.3. The standard InChI is InChI=1S/C17H18N2O6S2/c1-23-14-4-2-11(8-16(14)27(18,21)22)19-17(20)10-26-12-3-5-13-15(9-12)25-7-6-24-13/h2-5,8-9H,6-7,10H2,1H3,(H,19,20)(H2,18,21,22). The zero-order valence-electron chi connectivity index (χ0n) is 14.4. The number of nitrogens with one attached hydrogen (secondary N) is 1. The average Bonchev–Trinajstić information content (AvgIpc) is 2.65. The van der Waals surface area contributed by atoms with Crippen LogP contribution in [0.25, 0.3) is 0 Å². The molecule has 0 saturated heterocycles. The lowest BCUT2D eigenvalue weighted by molar-refractivity contribution is -0.113. The summed E-state index contributed by atoms with van der Waals surface area (Å²) < 4.78 is 39.2. The van der Waals surface area contributed by atoms with Gasteiger partial charge in [0.1, 0.15) is 23.9 Å². The third kappa shape index (κ3) is 4.85. The molecule has 0 aromatic heterocycles. The van der Waals surface area contributed by atoms with E-state index in [1.807, 2.05) is 12.1 Å². The van der Waals surface area contributed by atoms with Gasteiger partial charge in [-0.15, -0.1) is 11.8 Å². The molecular weight excluding hydrogens is 392 g/mol. The Kier molecular flexibility index (Phi) is 5.78. The van der Waals surface area contributed by atoms with Crippen molar-refractivity contribution in [3.63, 3.8) is 0 Å². The van der Waals surface area contributed by atoms with Crippen LogP contribution in [0.4, 0.5) is 5.69 Å². The maximum Gasteiger partial charge on any atom is 0.241 e. The van der Waals surface area contributed by atoms with Gasteiger partial charge in [-0.25, -0.2) is 13.6 Å². The first-order valence-corrected chi connectivity index (χ1v) is 10.4. The number of fused-ring (bicyclic) bond motifs is 1. The van der Waals surface area contributed by atoms with Gasteiger partial charge in [0.05, 0.1) is 12.9 Å². The van der Waals surface area contributed by atoms with Crippen LogP contribution in [0.1, 0.15) is 0 Å². The average molecular weight is 410 g/mol. The number of nitrogens with two attached hydrogens (primary N) is 1. The number of hydrogen-bond donors (Lipinski definition) is 2. The highest BCUT2D eigenvalue weighted by Gasteiger charge is 2.17. The molecular formula is C17H18N2O6S2. The van der Waals surface area contributed by atoms with Crippen molar-refractivity contribution in [1.82, 2.24) is 0 Å². The number of amides is 1. The molecule has 10 heteroatoms. The van der Waals surface area contributed by atoms with Gasteiger partial charge in [0, 0.05) is 10.6 Å². The summed E-state index contributed by atoms with van der Waals surface area (Å²) in [6, 6.07) is 9.71. The van der Waals surface area contributed by atoms with Crippen LogP contribution in [0.5, 0.6) is 17.2 Å². The van der Waals surface area contributed by atoms with Crippen LogP contribution in [-0.4, -0.2) is 40.4 Å². The molecule has 0 fully saturated rings. The fourth-order valence-electron chi connectivity index (χ4n) is 2.44. The molecule has 1 aliphatic rings. The maximum absolute atomic E-state index is 12.2. The first kappa shape index (κ1) is 19.3. The number of hydrogen-bond acceptors (Lipinski definition) is 7. The zero-order chi connectivity index (χ0) is 19.4. The zero-order valence-corrected chi connectivity index (χ0v) is 16.1. The van der Waals surface area contributed by atoms with Crippen molar-refractivity contribution in [3.8, 4) is 17.2 Å². The van der Waals surface area contributed by atoms with Gasteiger partial charge >= 0.3 is 0 Å². The molecule has 1 aliphatic heterocycles. The molecule has 144 valence electrons. The van der Waals surface area contributed by atoms with Crippen molar-refractivity contribution in [2.24, 2.45) is 5.14 Å². The highest BCUT2D eigenvalue weighted by molar-refractivity contribution is 8.00. The third-order valence-corrected chi connectivity index (χ3v) is 5.56. The minimum absolute atomic E-state index is 0.112. The van der Waals surface area contributed by atoms with E-state index < -0.39 is 10.0 Å². The van der Waals surface area contributed by atoms with Crippen molar-refractivity contribution >= 4 is 33.4 Å². The Labute approximate surface area is 161 Å². The summed E-state index contributed by atoms with van der Waals surface area (Å²) in [5, 5.41) is 7.82. The predicted octanol–water partition coefficient (Wildman–Crippen LogP) is 1.84. The number of sulfonamides is 1. The Morgan fingerprint density at radius 3 is 2.63 bits per heavy atom. The number of primary sulfonamides is 1. The van der Waals surface area contributed by atoms with E-state index in [9.17, 15) is 13.2 Å². The maximum atomic E-state index is 12.2. The second kappa shape index (κ2) is 8.07. The number of anilines is 1. The SMILES string of the molecule is COc1ccc(NC(=O)CSc2ccc3c(c2)OCCO3)cc1S(N)(=O)=O. The minimum Gasteiger partial charge on any atom is -0.495 e. The predicted molar refractivity (Wildman–Crippen MR) is 101 cm³/mol. The Morgan fingerprint density at radius 2 is 1.93 bits per heavy atom. The molecule has 0 spiro atoms. The van der Waals surface area contributed by atoms with Crippen molar-refractivity contribution in [1.29, 1.82) is 0 Å². The first-order chi connectivity index (χ1) is 12.9. The van der Waals surface area contributed by atoms with Crippen LogP contribution in [0.3, 0.4) is 0 Å². The van der Waals surface area contributed by atoms with Crippen LogP contribution in [-0.2, 0) is 14.8 Å². The molecule has 0 radical (unpaired) electrons. The number of methoxy groups -OCH3 is 1. The van der Waals surface area contributed by atoms with Crippen LogP contribution in [0.2, 0.25) is 0 Å². The van der Waals surface area contributed by atoms with Crippen molar-refractivity contribution in [3.05, 3.63) is 36.4 Å². The second-order valence-electron chi connectivity index (χ2n) is 5.55. The monoisotopic (exact) mass is 410 g/mol. The summed E-state index contributed by atoms with van der Waals surface area (Å²) in [7, 11) is -2.64. The summed E-state index contributed by atoms with van der Waals surface area (Å²) in [5.74, 6) is 1.29. The molecule has 8 nitrogen and oxygen atoms in total. The van der Waals surface area contributed by atoms with Gasteiger partial charge in [0.15, 0.2) is 11.5 Å². The molecule has 27 heavy (non-hydrogen) atoms. The molecule has 2 aromatic rings. The largest absolute Gasteiger partial charge is 0.495 e. The first-order valence-electron chi connectivity index (χ1n) is 7.90. The van der Waals surface area contributed by atoms with Gasteiger partial charge in [0.25, 0.3) is 0 Å². The van der Waals surface area contributed by atoms with Crippen LogP contribution >= 0.6 is 11.8 Å². The fraction of sp³-hybridized carbons (Fsp3) is 0.235. The molecule has 0 unspecified atom stereocenters. The van der Waals surface area contributed by atoms with Crippen molar-refractivity contribution in [2.45, 2.75) is 9.79 Å². The van der Waals surface area contributed by atoms with Crippen LogP contribution in [0, 0.1) is 0 Å². The highest BCUT2D eigenvalue weighted by atomic mass is 32.2. The van der Waals surface area contributed by atoms with Crippen LogP contribution in [0.15, 0.2) is 46.2 Å². The smallest absolute Gasteiger partial charge is 0.241 e. The number of ether oxygens (including phenoxy) is 3. The van der Waals surface area contributed by atoms with Crippen LogP contribution < -0.4 is 24.7 Å². The summed E-state index contributed by atoms with van der Waals surface area (Å²) in [6.07, 6.45) is 0. The van der Waals surface area contributed by atoms with E-state index in [0.717, 1.165) is 4.90 Å². The molecule has 2 aromatic carbocycles. The Balaban J connectivity index is 1.64. The quantitative estimate of drug-likeness (QED) is 0.698. The van der Waals surface area contributed by atoms with Crippen molar-refractivity contribution < 1.29 is 27.4 Å². The lowest BCUT2D eigenvalue weighted by Gasteiger charge is -2.18. The van der Waals surface area contributed by atoms with Gasteiger partial charge in [0.2, 0.25) is 15.9 Å². The van der Waals surface area contributed by atoms with Gasteiger partial charge < -0.3 is 19.5 Å². The fourth-order valence-corrected chi connectivity index (χ4v) is 3.88. The van der Waals surface area contributed by atoms with E-state index in [0.29, 0.717) is 30.4 Å². The molecule has 0 aliphatic carbocycles. The highest BCUT2D eigenvalue weighted by Crippen LogP contribution is 2.34. The lowest BCUT2D eigenvalue weighted by Crippen LogP contribution is -2.17. The molecule has 3 rings (SSSR count). The third-order valence-electron chi connectivity index (χ3n) is 3.64. The van der Waals surface area contributed by atoms with Gasteiger partial charge in [-0.05, 0) is 36.4 Å². The summed E-state index contributed by atoms with van der Waals surface area (Å²) in [4.78, 5) is 12.9. The summed E-state index contributed by atoms with van der Waals surface area (Å²) in [5.41, 5.74) is 0.313. The minimum atomic E-state index is -3.98. The molecule has 0 saturated carbocycles. The number of thioether (sulfide) groups is 1. The molecule has 1 heterocycles. The number of carbonyl (C=O) groups excluding carboxylic acids is 1. The van der Waals surface area contributed by atoms with E-state index in [2.05, 4.69) is 5.32 Å². The number of rotatable bonds is 6. The summed E-state index contributed by atoms with van der Waals surface area (Å²) in [6.45, 7) is 1.01. The van der Waals surface area contributed by atoms with E-state index in [-0.39, 0.29) is 22.3 Å². The van der Waals surface area contributed by atoms with E-state index in [1.165, 1.54) is 31.0 Å². The van der Waals surface area contributed by atoms with E-state index in [4.69, 9.17) is 19.3 Å². The number of benzene rings is 2. The Morgan fingerprint density at radius 1 is 1.19 bits per heavy atom. The molecule has 1 amide bonds. The normalized spacial score (nSPS) is 13.1. The molecule has 3 N–H and O–H groups in total. The van der Waals surface area contributed by atoms with Gasteiger partial charge in [-0.2, -0.15) is 0 Å². The van der Waals surface area contributed by atoms with Crippen molar-refractivity contribution in [2.75, 3.05) is 31.4 Å². The van der Waals surface area contributed by atoms with E-state index >= 15 is 0 Å². The summed E-state index contributed by atoms with van der Waals surface area (Å²) >= 11 is 1.32. The van der Waals surface area contributed by atoms with Gasteiger partial charge in [-0.3, -0.25) is 4.79 Å². The van der Waals surface area contributed by atoms with E-state index in [1.54, 1.807) is 12.1 Å². The Bertz CT molecular complexity index is 962. The molecule has 0 bridgehead atoms. The Hall–Kier alpha value is -2.43. The number of carbonyl (C=O) groups is 1. The second-order valence-corrected chi connectivity index (χ2v) is 8.13. The molecule has 0 atom stereocenters. The topological polar surface area (TPSA) is 117 Å². The van der Waals surface area contributed by atoms with Gasteiger partial charge in [-0.1, -0.05) is 0 Å².